The summed E-state index contributed by atoms with van der Waals surface area (Å²) < 4.78 is 0. The van der Waals surface area contributed by atoms with Gasteiger partial charge in [-0.15, -0.1) is 0 Å². The molecule has 0 bridgehead atoms. The monoisotopic (exact) mass is 301 g/mol. The van der Waals surface area contributed by atoms with Gasteiger partial charge in [-0.05, 0) is 35.9 Å². The molecule has 0 heterocycles. The molecule has 5 N–H and O–H groups in total. The number of nitrogens with two attached hydrogens (primary N) is 1. The topological polar surface area (TPSA) is 81.8 Å². The van der Waals surface area contributed by atoms with Gasteiger partial charge in [-0.1, -0.05) is 18.2 Å². The Morgan fingerprint density at radius 3 is 2.18 bits per heavy atom. The molecule has 0 atom stereocenters. The van der Waals surface area contributed by atoms with Crippen molar-refractivity contribution in [1.29, 1.82) is 0 Å². The van der Waals surface area contributed by atoms with Gasteiger partial charge in [0.05, 0.1) is 13.2 Å². The first kappa shape index (κ1) is 16.1. The van der Waals surface area contributed by atoms with E-state index in [1.807, 2.05) is 53.4 Å². The predicted octanol–water partition coefficient (Wildman–Crippen LogP) is 1.67. The molecule has 0 unspecified atom stereocenters. The summed E-state index contributed by atoms with van der Waals surface area (Å²) >= 11 is 0. The fourth-order valence-corrected chi connectivity index (χ4v) is 2.36. The van der Waals surface area contributed by atoms with E-state index in [1.165, 1.54) is 0 Å². The van der Waals surface area contributed by atoms with E-state index in [4.69, 9.17) is 5.73 Å². The number of hydrogen-bond acceptors (Lipinski definition) is 5. The third kappa shape index (κ3) is 4.38. The average Bonchev–Trinajstić information content (AvgIpc) is 2.54. The summed E-state index contributed by atoms with van der Waals surface area (Å²) in [6.07, 6.45) is 0. The van der Waals surface area contributed by atoms with E-state index in [0.717, 1.165) is 22.6 Å². The fourth-order valence-electron chi connectivity index (χ4n) is 2.36. The van der Waals surface area contributed by atoms with Crippen LogP contribution in [-0.4, -0.2) is 36.5 Å². The minimum absolute atomic E-state index is 0.0553. The van der Waals surface area contributed by atoms with Gasteiger partial charge in [-0.25, -0.2) is 0 Å². The molecule has 0 spiro atoms. The lowest BCUT2D eigenvalue weighted by Gasteiger charge is -2.26. The molecule has 0 aliphatic heterocycles. The molecule has 2 aromatic carbocycles. The molecular weight excluding hydrogens is 278 g/mol. The van der Waals surface area contributed by atoms with Crippen LogP contribution >= 0.6 is 0 Å². The highest BCUT2D eigenvalue weighted by atomic mass is 16.3. The van der Waals surface area contributed by atoms with Crippen LogP contribution in [0, 0.1) is 0 Å². The Kier molecular flexibility index (Phi) is 6.06. The van der Waals surface area contributed by atoms with Crippen LogP contribution in [0.1, 0.15) is 5.56 Å². The molecule has 2 rings (SSSR count). The quantitative estimate of drug-likeness (QED) is 0.558. The van der Waals surface area contributed by atoms with Gasteiger partial charge in [0.2, 0.25) is 0 Å². The average molecular weight is 301 g/mol. The Labute approximate surface area is 131 Å². The Hall–Kier alpha value is -2.24. The molecular formula is C17H23N3O2. The number of hydrogen-bond donors (Lipinski definition) is 4. The molecule has 0 aromatic heterocycles. The molecule has 0 saturated carbocycles. The number of nitrogens with zero attached hydrogens (tertiary/aromatic N) is 1. The van der Waals surface area contributed by atoms with Crippen LogP contribution in [0.3, 0.4) is 0 Å². The van der Waals surface area contributed by atoms with Gasteiger partial charge in [0.15, 0.2) is 0 Å². The van der Waals surface area contributed by atoms with Crippen molar-refractivity contribution in [3.8, 4) is 0 Å². The molecule has 2 aromatic rings. The van der Waals surface area contributed by atoms with Crippen LogP contribution in [0.15, 0.2) is 48.5 Å². The molecule has 22 heavy (non-hydrogen) atoms. The molecule has 5 heteroatoms. The molecule has 118 valence electrons. The second kappa shape index (κ2) is 8.26. The van der Waals surface area contributed by atoms with Gasteiger partial charge in [0.25, 0.3) is 0 Å². The lowest BCUT2D eigenvalue weighted by atomic mass is 10.1. The van der Waals surface area contributed by atoms with E-state index in [0.29, 0.717) is 19.6 Å². The summed E-state index contributed by atoms with van der Waals surface area (Å²) in [6, 6.07) is 15.6. The largest absolute Gasteiger partial charge is 0.399 e. The van der Waals surface area contributed by atoms with Gasteiger partial charge in [-0.3, -0.25) is 0 Å². The molecule has 0 saturated heterocycles. The third-order valence-corrected chi connectivity index (χ3v) is 3.47. The second-order valence-electron chi connectivity index (χ2n) is 5.04. The van der Waals surface area contributed by atoms with E-state index < -0.39 is 0 Å². The summed E-state index contributed by atoms with van der Waals surface area (Å²) in [7, 11) is 0. The zero-order valence-corrected chi connectivity index (χ0v) is 12.6. The Balaban J connectivity index is 2.11. The Morgan fingerprint density at radius 1 is 0.909 bits per heavy atom. The van der Waals surface area contributed by atoms with Gasteiger partial charge in [0.1, 0.15) is 0 Å². The van der Waals surface area contributed by atoms with Crippen molar-refractivity contribution in [3.05, 3.63) is 54.1 Å². The highest BCUT2D eigenvalue weighted by Gasteiger charge is 2.10. The lowest BCUT2D eigenvalue weighted by Crippen LogP contribution is -2.30. The number of anilines is 3. The number of nitrogen functional groups attached to an aromatic ring is 1. The number of aliphatic hydroxyl groups is 2. The van der Waals surface area contributed by atoms with Crippen molar-refractivity contribution in [2.75, 3.05) is 42.3 Å². The Morgan fingerprint density at radius 2 is 1.55 bits per heavy atom. The SMILES string of the molecule is Nc1ccc(NCc2ccccc2N(CCO)CCO)cc1. The van der Waals surface area contributed by atoms with E-state index in [9.17, 15) is 10.2 Å². The maximum absolute atomic E-state index is 9.20. The molecule has 0 amide bonds. The number of aliphatic hydroxyl groups excluding tert-OH is 2. The lowest BCUT2D eigenvalue weighted by molar-refractivity contribution is 0.281. The molecule has 5 nitrogen and oxygen atoms in total. The van der Waals surface area contributed by atoms with Crippen LogP contribution in [0.2, 0.25) is 0 Å². The van der Waals surface area contributed by atoms with Crippen LogP contribution in [0.25, 0.3) is 0 Å². The van der Waals surface area contributed by atoms with E-state index in [1.54, 1.807) is 0 Å². The third-order valence-electron chi connectivity index (χ3n) is 3.47. The number of nitrogens with one attached hydrogen (secondary N) is 1. The van der Waals surface area contributed by atoms with Gasteiger partial charge < -0.3 is 26.2 Å². The summed E-state index contributed by atoms with van der Waals surface area (Å²) in [5.74, 6) is 0. The minimum atomic E-state index is 0.0553. The highest BCUT2D eigenvalue weighted by molar-refractivity contribution is 5.56. The van der Waals surface area contributed by atoms with E-state index in [-0.39, 0.29) is 13.2 Å². The zero-order chi connectivity index (χ0) is 15.8. The van der Waals surface area contributed by atoms with Crippen LogP contribution in [0.4, 0.5) is 17.1 Å². The molecule has 0 radical (unpaired) electrons. The maximum Gasteiger partial charge on any atom is 0.0606 e. The van der Waals surface area contributed by atoms with Crippen molar-refractivity contribution in [2.45, 2.75) is 6.54 Å². The summed E-state index contributed by atoms with van der Waals surface area (Å²) in [4.78, 5) is 1.99. The number of para-hydroxylation sites is 1. The molecule has 0 aliphatic carbocycles. The van der Waals surface area contributed by atoms with Crippen molar-refractivity contribution in [1.82, 2.24) is 0 Å². The van der Waals surface area contributed by atoms with Crippen LogP contribution in [0.5, 0.6) is 0 Å². The second-order valence-corrected chi connectivity index (χ2v) is 5.04. The van der Waals surface area contributed by atoms with Crippen molar-refractivity contribution in [2.24, 2.45) is 0 Å². The predicted molar refractivity (Wildman–Crippen MR) is 91.0 cm³/mol. The first-order valence-electron chi connectivity index (χ1n) is 7.38. The van der Waals surface area contributed by atoms with Crippen LogP contribution < -0.4 is 16.0 Å². The zero-order valence-electron chi connectivity index (χ0n) is 12.6. The maximum atomic E-state index is 9.20. The highest BCUT2D eigenvalue weighted by Crippen LogP contribution is 2.21. The van der Waals surface area contributed by atoms with Crippen molar-refractivity contribution >= 4 is 17.1 Å². The van der Waals surface area contributed by atoms with Gasteiger partial charge in [0, 0.05) is 36.7 Å². The first-order valence-corrected chi connectivity index (χ1v) is 7.38. The van der Waals surface area contributed by atoms with Gasteiger partial charge >= 0.3 is 0 Å². The summed E-state index contributed by atoms with van der Waals surface area (Å²) in [6.45, 7) is 1.77. The van der Waals surface area contributed by atoms with E-state index in [2.05, 4.69) is 5.32 Å². The van der Waals surface area contributed by atoms with Crippen LogP contribution in [-0.2, 0) is 6.54 Å². The summed E-state index contributed by atoms with van der Waals surface area (Å²) in [5.41, 5.74) is 9.56. The molecule has 0 fully saturated rings. The first-order chi connectivity index (χ1) is 10.7. The normalized spacial score (nSPS) is 10.5. The number of rotatable bonds is 8. The fraction of sp³-hybridized carbons (Fsp3) is 0.294. The smallest absolute Gasteiger partial charge is 0.0606 e. The van der Waals surface area contributed by atoms with Crippen molar-refractivity contribution in [3.63, 3.8) is 0 Å². The number of benzene rings is 2. The Bertz CT molecular complexity index is 566. The minimum Gasteiger partial charge on any atom is -0.399 e. The van der Waals surface area contributed by atoms with E-state index >= 15 is 0 Å². The summed E-state index contributed by atoms with van der Waals surface area (Å²) in [5, 5.41) is 21.8. The van der Waals surface area contributed by atoms with Crippen molar-refractivity contribution < 1.29 is 10.2 Å². The molecule has 0 aliphatic rings. The standard InChI is InChI=1S/C17H23N3O2/c18-15-5-7-16(8-6-15)19-13-14-3-1-2-4-17(14)20(9-11-21)10-12-22/h1-8,19,21-22H,9-13,18H2. The van der Waals surface area contributed by atoms with Gasteiger partial charge in [-0.2, -0.15) is 0 Å².